The van der Waals surface area contributed by atoms with Gasteiger partial charge in [0.2, 0.25) is 5.91 Å². The molecule has 0 aliphatic carbocycles. The molecule has 0 radical (unpaired) electrons. The van der Waals surface area contributed by atoms with Crippen LogP contribution < -0.4 is 34.7 Å². The first kappa shape index (κ1) is 22.0. The second kappa shape index (κ2) is 6.90. The van der Waals surface area contributed by atoms with E-state index >= 15 is 0 Å². The molecule has 25 heavy (non-hydrogen) atoms. The number of rotatable bonds is 3. The number of β-lactam (4-membered cyclic amide) rings is 1. The van der Waals surface area contributed by atoms with Crippen LogP contribution in [0, 0.1) is 11.3 Å². The van der Waals surface area contributed by atoms with E-state index in [1.165, 1.54) is 0 Å². The van der Waals surface area contributed by atoms with Crippen LogP contribution in [0.5, 0.6) is 0 Å². The molecule has 0 bridgehead atoms. The van der Waals surface area contributed by atoms with E-state index in [1.54, 1.807) is 41.5 Å². The van der Waals surface area contributed by atoms with Crippen molar-refractivity contribution in [3.63, 3.8) is 0 Å². The van der Waals surface area contributed by atoms with Crippen molar-refractivity contribution in [1.29, 1.82) is 0 Å². The van der Waals surface area contributed by atoms with Crippen LogP contribution in [0.1, 0.15) is 41.5 Å². The number of aliphatic carboxylic acids is 1. The van der Waals surface area contributed by atoms with Crippen LogP contribution in [0.3, 0.4) is 0 Å². The quantitative estimate of drug-likeness (QED) is 0.314. The fraction of sp³-hybridized carbons (Fsp3) is 0.688. The predicted molar refractivity (Wildman–Crippen MR) is 78.5 cm³/mol. The Balaban J connectivity index is 0.00000312. The molecule has 0 spiro atoms. The SMILES string of the molecule is CC(C)(C)OC(=O)[C@H](O)[C@H]1C(=O)N2C(C(=O)[O-])=C(C(C)(C)C)O[C@H]12.[Na+]. The monoisotopic (exact) mass is 363 g/mol. The number of carbonyl (C=O) groups is 3. The third-order valence-corrected chi connectivity index (χ3v) is 3.64. The molecule has 2 aliphatic rings. The van der Waals surface area contributed by atoms with Gasteiger partial charge in [0, 0.05) is 5.41 Å². The fourth-order valence-corrected chi connectivity index (χ4v) is 2.66. The molecule has 0 aromatic heterocycles. The van der Waals surface area contributed by atoms with Crippen LogP contribution in [0.2, 0.25) is 0 Å². The zero-order valence-corrected chi connectivity index (χ0v) is 17.6. The number of aliphatic hydroxyl groups excluding tert-OH is 1. The van der Waals surface area contributed by atoms with Crippen molar-refractivity contribution >= 4 is 17.8 Å². The summed E-state index contributed by atoms with van der Waals surface area (Å²) in [5.41, 5.74) is -1.87. The smallest absolute Gasteiger partial charge is 0.543 e. The normalized spacial score (nSPS) is 24.0. The Morgan fingerprint density at radius 2 is 1.76 bits per heavy atom. The van der Waals surface area contributed by atoms with E-state index in [0.717, 1.165) is 4.90 Å². The topological polar surface area (TPSA) is 116 Å². The Bertz CT molecular complexity index is 629. The third-order valence-electron chi connectivity index (χ3n) is 3.64. The number of allylic oxidation sites excluding steroid dienone is 1. The van der Waals surface area contributed by atoms with Gasteiger partial charge in [0.05, 0.1) is 5.97 Å². The summed E-state index contributed by atoms with van der Waals surface area (Å²) < 4.78 is 10.6. The van der Waals surface area contributed by atoms with Gasteiger partial charge >= 0.3 is 35.5 Å². The first-order chi connectivity index (χ1) is 10.8. The molecule has 0 aromatic carbocycles. The van der Waals surface area contributed by atoms with E-state index < -0.39 is 47.1 Å². The molecule has 0 unspecified atom stereocenters. The number of hydrogen-bond donors (Lipinski definition) is 1. The third kappa shape index (κ3) is 4.02. The Labute approximate surface area is 168 Å². The van der Waals surface area contributed by atoms with Gasteiger partial charge in [-0.15, -0.1) is 0 Å². The molecule has 2 rings (SSSR count). The molecule has 9 heteroatoms. The van der Waals surface area contributed by atoms with E-state index in [2.05, 4.69) is 0 Å². The van der Waals surface area contributed by atoms with Gasteiger partial charge in [0.15, 0.2) is 12.3 Å². The average Bonchev–Trinajstić information content (AvgIpc) is 2.72. The van der Waals surface area contributed by atoms with Crippen LogP contribution in [0.4, 0.5) is 0 Å². The molecular weight excluding hydrogens is 341 g/mol. The van der Waals surface area contributed by atoms with E-state index in [1.807, 2.05) is 0 Å². The van der Waals surface area contributed by atoms with Gasteiger partial charge in [0.25, 0.3) is 0 Å². The molecule has 2 aliphatic heterocycles. The summed E-state index contributed by atoms with van der Waals surface area (Å²) in [6.45, 7) is 10.1. The van der Waals surface area contributed by atoms with Crippen LogP contribution in [0.15, 0.2) is 11.5 Å². The Morgan fingerprint density at radius 3 is 2.16 bits per heavy atom. The molecule has 1 N–H and O–H groups in total. The number of nitrogens with zero attached hydrogens (tertiary/aromatic N) is 1. The van der Waals surface area contributed by atoms with Crippen LogP contribution in [-0.2, 0) is 23.9 Å². The number of fused-ring (bicyclic) bond motifs is 1. The summed E-state index contributed by atoms with van der Waals surface area (Å²) >= 11 is 0. The molecule has 0 aromatic rings. The van der Waals surface area contributed by atoms with Crippen LogP contribution >= 0.6 is 0 Å². The minimum Gasteiger partial charge on any atom is -0.543 e. The number of carbonyl (C=O) groups excluding carboxylic acids is 3. The minimum absolute atomic E-state index is 0. The van der Waals surface area contributed by atoms with Gasteiger partial charge in [-0.25, -0.2) is 4.79 Å². The van der Waals surface area contributed by atoms with Gasteiger partial charge in [0.1, 0.15) is 23.0 Å². The Kier molecular flexibility index (Phi) is 6.06. The largest absolute Gasteiger partial charge is 1.00 e. The summed E-state index contributed by atoms with van der Waals surface area (Å²) in [7, 11) is 0. The molecule has 8 nitrogen and oxygen atoms in total. The molecule has 3 atom stereocenters. The van der Waals surface area contributed by atoms with Gasteiger partial charge in [-0.1, -0.05) is 20.8 Å². The fourth-order valence-electron chi connectivity index (χ4n) is 2.66. The van der Waals surface area contributed by atoms with Crippen molar-refractivity contribution in [2.24, 2.45) is 11.3 Å². The maximum atomic E-state index is 12.3. The van der Waals surface area contributed by atoms with E-state index in [-0.39, 0.29) is 41.0 Å². The van der Waals surface area contributed by atoms with Crippen molar-refractivity contribution in [2.75, 3.05) is 0 Å². The first-order valence-corrected chi connectivity index (χ1v) is 7.62. The van der Waals surface area contributed by atoms with Crippen molar-refractivity contribution in [3.05, 3.63) is 11.5 Å². The zero-order valence-electron chi connectivity index (χ0n) is 15.6. The number of carboxylic acid groups (broad SMARTS) is 1. The molecule has 1 amide bonds. The Hall–Kier alpha value is -1.09. The zero-order chi connectivity index (χ0) is 18.6. The van der Waals surface area contributed by atoms with Gasteiger partial charge in [-0.05, 0) is 20.8 Å². The molecule has 2 heterocycles. The number of amides is 1. The maximum Gasteiger partial charge on any atom is 1.00 e. The van der Waals surface area contributed by atoms with E-state index in [4.69, 9.17) is 9.47 Å². The standard InChI is InChI=1S/C16H23NO7.Na/c1-15(2,3)10-8(13(20)21)17-11(19)7(12(17)23-10)9(18)14(22)24-16(4,5)6;/h7,9,12,18H,1-6H3,(H,20,21);/q;+1/p-1/t7-,9+,12+;/m0./s1. The minimum atomic E-state index is -1.74. The van der Waals surface area contributed by atoms with Crippen LogP contribution in [-0.4, -0.2) is 45.8 Å². The second-order valence-corrected chi connectivity index (χ2v) is 7.94. The molecule has 0 saturated carbocycles. The van der Waals surface area contributed by atoms with Crippen molar-refractivity contribution in [1.82, 2.24) is 4.90 Å². The van der Waals surface area contributed by atoms with Gasteiger partial charge < -0.3 is 24.5 Å². The summed E-state index contributed by atoms with van der Waals surface area (Å²) in [5.74, 6) is -4.34. The van der Waals surface area contributed by atoms with Gasteiger partial charge in [-0.3, -0.25) is 9.69 Å². The van der Waals surface area contributed by atoms with Gasteiger partial charge in [-0.2, -0.15) is 0 Å². The number of ether oxygens (including phenoxy) is 2. The van der Waals surface area contributed by atoms with E-state index in [0.29, 0.717) is 0 Å². The molecule has 1 saturated heterocycles. The average molecular weight is 363 g/mol. The summed E-state index contributed by atoms with van der Waals surface area (Å²) in [6.07, 6.45) is -2.79. The second-order valence-electron chi connectivity index (χ2n) is 7.94. The number of carboxylic acids is 1. The van der Waals surface area contributed by atoms with Crippen molar-refractivity contribution < 1.29 is 63.6 Å². The molecule has 134 valence electrons. The summed E-state index contributed by atoms with van der Waals surface area (Å²) in [5, 5.41) is 21.5. The van der Waals surface area contributed by atoms with E-state index in [9.17, 15) is 24.6 Å². The first-order valence-electron chi connectivity index (χ1n) is 7.62. The number of esters is 1. The summed E-state index contributed by atoms with van der Waals surface area (Å²) in [4.78, 5) is 36.6. The number of hydrogen-bond acceptors (Lipinski definition) is 7. The molecule has 1 fully saturated rings. The number of aliphatic hydroxyl groups is 1. The Morgan fingerprint density at radius 1 is 1.24 bits per heavy atom. The summed E-state index contributed by atoms with van der Waals surface area (Å²) in [6, 6.07) is 0. The predicted octanol–water partition coefficient (Wildman–Crippen LogP) is -3.48. The maximum absolute atomic E-state index is 12.3. The van der Waals surface area contributed by atoms with Crippen molar-refractivity contribution in [3.8, 4) is 0 Å². The van der Waals surface area contributed by atoms with Crippen molar-refractivity contribution in [2.45, 2.75) is 59.5 Å². The van der Waals surface area contributed by atoms with Crippen LogP contribution in [0.25, 0.3) is 0 Å². The molecular formula is C16H22NNaO7.